The van der Waals surface area contributed by atoms with Crippen molar-refractivity contribution in [1.29, 1.82) is 5.26 Å². The summed E-state index contributed by atoms with van der Waals surface area (Å²) in [6, 6.07) is 13.1. The molecule has 1 N–H and O–H groups in total. The molecule has 9 nitrogen and oxygen atoms in total. The molecule has 1 atom stereocenters. The Hall–Kier alpha value is -3.55. The minimum Gasteiger partial charge on any atom is -0.465 e. The first-order valence-electron chi connectivity index (χ1n) is 11.9. The zero-order chi connectivity index (χ0) is 26.1. The number of amides is 2. The number of rotatable bonds is 4. The Balaban J connectivity index is 1.56. The Morgan fingerprint density at radius 1 is 1.22 bits per heavy atom. The Bertz CT molecular complexity index is 1420. The van der Waals surface area contributed by atoms with Crippen LogP contribution in [-0.2, 0) is 17.8 Å². The summed E-state index contributed by atoms with van der Waals surface area (Å²) in [5, 5.41) is 21.8. The first-order valence-corrected chi connectivity index (χ1v) is 13.5. The number of carbonyl (C=O) groups is 2. The number of anilines is 2. The molecule has 2 aliphatic heterocycles. The van der Waals surface area contributed by atoms with Crippen LogP contribution in [-0.4, -0.2) is 63.9 Å². The Morgan fingerprint density at radius 3 is 2.73 bits per heavy atom. The number of nitrogens with zero attached hydrogens (tertiary/aromatic N) is 6. The molecule has 0 radical (unpaired) electrons. The van der Waals surface area contributed by atoms with Gasteiger partial charge < -0.3 is 19.8 Å². The number of benzene rings is 2. The number of carbonyl (C=O) groups excluding carboxylic acids is 1. The van der Waals surface area contributed by atoms with E-state index in [-0.39, 0.29) is 31.8 Å². The highest BCUT2D eigenvalue weighted by Crippen LogP contribution is 2.37. The molecule has 2 aliphatic rings. The molecule has 1 saturated heterocycles. The molecule has 11 heteroatoms. The third-order valence-corrected chi connectivity index (χ3v) is 7.77. The second-order valence-electron chi connectivity index (χ2n) is 8.99. The van der Waals surface area contributed by atoms with Crippen molar-refractivity contribution in [2.45, 2.75) is 37.0 Å². The van der Waals surface area contributed by atoms with Crippen LogP contribution in [0.2, 0.25) is 5.02 Å². The van der Waals surface area contributed by atoms with Crippen molar-refractivity contribution in [3.63, 3.8) is 0 Å². The van der Waals surface area contributed by atoms with E-state index in [4.69, 9.17) is 21.6 Å². The first kappa shape index (κ1) is 25.1. The third kappa shape index (κ3) is 4.77. The van der Waals surface area contributed by atoms with Gasteiger partial charge in [0.15, 0.2) is 5.16 Å². The van der Waals surface area contributed by atoms with Gasteiger partial charge in [0, 0.05) is 37.0 Å². The molecule has 2 aromatic carbocycles. The van der Waals surface area contributed by atoms with Gasteiger partial charge in [0.25, 0.3) is 0 Å². The van der Waals surface area contributed by atoms with Crippen LogP contribution in [0.1, 0.15) is 24.1 Å². The maximum atomic E-state index is 13.4. The number of fused-ring (bicyclic) bond motifs is 2. The van der Waals surface area contributed by atoms with Gasteiger partial charge in [0.05, 0.1) is 41.5 Å². The molecule has 5 rings (SSSR count). The van der Waals surface area contributed by atoms with Crippen molar-refractivity contribution >= 4 is 57.6 Å². The largest absolute Gasteiger partial charge is 0.465 e. The summed E-state index contributed by atoms with van der Waals surface area (Å²) in [7, 11) is 0. The van der Waals surface area contributed by atoms with Crippen LogP contribution in [0.5, 0.6) is 0 Å². The van der Waals surface area contributed by atoms with E-state index in [9.17, 15) is 20.0 Å². The van der Waals surface area contributed by atoms with Crippen molar-refractivity contribution in [1.82, 2.24) is 14.9 Å². The smallest absolute Gasteiger partial charge is 0.407 e. The van der Waals surface area contributed by atoms with E-state index in [1.165, 1.54) is 16.7 Å². The van der Waals surface area contributed by atoms with Crippen LogP contribution in [0.25, 0.3) is 10.8 Å². The fraction of sp³-hybridized carbons (Fsp3) is 0.346. The molecule has 2 amide bonds. The number of aromatic nitrogens is 2. The van der Waals surface area contributed by atoms with Crippen molar-refractivity contribution in [3.05, 3.63) is 52.7 Å². The number of hydrogen-bond donors (Lipinski definition) is 1. The van der Waals surface area contributed by atoms with Crippen molar-refractivity contribution < 1.29 is 14.7 Å². The van der Waals surface area contributed by atoms with Crippen molar-refractivity contribution in [3.8, 4) is 6.07 Å². The zero-order valence-corrected chi connectivity index (χ0v) is 21.8. The number of thioether (sulfide) groups is 1. The molecule has 3 heterocycles. The maximum absolute atomic E-state index is 13.4. The van der Waals surface area contributed by atoms with Crippen LogP contribution >= 0.6 is 23.4 Å². The molecule has 1 unspecified atom stereocenters. The summed E-state index contributed by atoms with van der Waals surface area (Å²) in [6.45, 7) is 1.35. The van der Waals surface area contributed by atoms with Crippen molar-refractivity contribution in [2.75, 3.05) is 35.7 Å². The summed E-state index contributed by atoms with van der Waals surface area (Å²) in [6.07, 6.45) is 1.71. The fourth-order valence-electron chi connectivity index (χ4n) is 5.14. The number of nitriles is 1. The molecule has 0 aliphatic carbocycles. The highest BCUT2D eigenvalue weighted by atomic mass is 35.5. The topological polar surface area (TPSA) is 114 Å². The van der Waals surface area contributed by atoms with Gasteiger partial charge in [-0.2, -0.15) is 5.26 Å². The zero-order valence-electron chi connectivity index (χ0n) is 20.2. The Labute approximate surface area is 223 Å². The van der Waals surface area contributed by atoms with Crippen LogP contribution < -0.4 is 9.80 Å². The average Bonchev–Trinajstić information content (AvgIpc) is 3.06. The van der Waals surface area contributed by atoms with Gasteiger partial charge in [-0.05, 0) is 30.2 Å². The second-order valence-corrected chi connectivity index (χ2v) is 10.2. The van der Waals surface area contributed by atoms with Crippen LogP contribution in [0.3, 0.4) is 0 Å². The lowest BCUT2D eigenvalue weighted by Crippen LogP contribution is -2.55. The molecule has 1 fully saturated rings. The van der Waals surface area contributed by atoms with E-state index in [0.717, 1.165) is 27.7 Å². The highest BCUT2D eigenvalue weighted by molar-refractivity contribution is 7.98. The normalized spacial score (nSPS) is 17.9. The summed E-state index contributed by atoms with van der Waals surface area (Å²) in [5.41, 5.74) is 2.40. The van der Waals surface area contributed by atoms with E-state index in [2.05, 4.69) is 6.07 Å². The van der Waals surface area contributed by atoms with Gasteiger partial charge in [-0.3, -0.25) is 4.79 Å². The lowest BCUT2D eigenvalue weighted by atomic mass is 10.1. The highest BCUT2D eigenvalue weighted by Gasteiger charge is 2.34. The molecular weight excluding hydrogens is 512 g/mol. The minimum absolute atomic E-state index is 0.0277. The third-order valence-electron chi connectivity index (χ3n) is 6.91. The van der Waals surface area contributed by atoms with Gasteiger partial charge in [-0.25, -0.2) is 14.8 Å². The van der Waals surface area contributed by atoms with E-state index in [0.29, 0.717) is 35.5 Å². The van der Waals surface area contributed by atoms with E-state index in [1.807, 2.05) is 47.6 Å². The Morgan fingerprint density at radius 2 is 2.00 bits per heavy atom. The fourth-order valence-corrected chi connectivity index (χ4v) is 5.80. The van der Waals surface area contributed by atoms with Gasteiger partial charge in [0.2, 0.25) is 5.91 Å². The summed E-state index contributed by atoms with van der Waals surface area (Å²) < 4.78 is 0. The van der Waals surface area contributed by atoms with Crippen molar-refractivity contribution in [2.24, 2.45) is 0 Å². The van der Waals surface area contributed by atoms with Crippen LogP contribution in [0.15, 0.2) is 41.6 Å². The predicted octanol–water partition coefficient (Wildman–Crippen LogP) is 4.57. The standard InChI is InChI=1S/C26H25ClN6O3S/c1-37-25-29-20-15-33(21-7-3-5-16-4-2-6-19(27)23(16)21)22(34)9-8-18(20)24(30-25)31-12-13-32(26(35)36)17(14-31)10-11-28/h2-7,17H,8-10,12-15H2,1H3,(H,35,36). The molecule has 3 aromatic rings. The lowest BCUT2D eigenvalue weighted by molar-refractivity contribution is -0.118. The first-order chi connectivity index (χ1) is 17.9. The maximum Gasteiger partial charge on any atom is 0.407 e. The summed E-state index contributed by atoms with van der Waals surface area (Å²) in [4.78, 5) is 39.9. The quantitative estimate of drug-likeness (QED) is 0.381. The number of carboxylic acid groups (broad SMARTS) is 1. The van der Waals surface area contributed by atoms with E-state index < -0.39 is 12.1 Å². The molecular formula is C26H25ClN6O3S. The SMILES string of the molecule is CSc1nc2c(c(N3CCN(C(=O)O)C(CC#N)C3)n1)CCC(=O)N(c1cccc3cccc(Cl)c13)C2. The minimum atomic E-state index is -1.03. The Kier molecular flexibility index (Phi) is 7.09. The van der Waals surface area contributed by atoms with Gasteiger partial charge in [-0.1, -0.05) is 47.6 Å². The molecule has 0 saturated carbocycles. The van der Waals surface area contributed by atoms with Gasteiger partial charge in [0.1, 0.15) is 5.82 Å². The molecule has 0 spiro atoms. The van der Waals surface area contributed by atoms with Gasteiger partial charge in [-0.15, -0.1) is 0 Å². The number of halogens is 1. The van der Waals surface area contributed by atoms with E-state index in [1.54, 1.807) is 4.90 Å². The second kappa shape index (κ2) is 10.4. The molecule has 37 heavy (non-hydrogen) atoms. The predicted molar refractivity (Wildman–Crippen MR) is 143 cm³/mol. The summed E-state index contributed by atoms with van der Waals surface area (Å²) >= 11 is 7.99. The average molecular weight is 537 g/mol. The molecule has 1 aromatic heterocycles. The lowest BCUT2D eigenvalue weighted by Gasteiger charge is -2.40. The number of hydrogen-bond acceptors (Lipinski definition) is 7. The van der Waals surface area contributed by atoms with Gasteiger partial charge >= 0.3 is 6.09 Å². The molecule has 190 valence electrons. The van der Waals surface area contributed by atoms with Crippen LogP contribution in [0.4, 0.5) is 16.3 Å². The van der Waals surface area contributed by atoms with E-state index >= 15 is 0 Å². The molecule has 0 bridgehead atoms. The number of piperazine rings is 1. The van der Waals surface area contributed by atoms with Crippen LogP contribution in [0, 0.1) is 11.3 Å². The monoisotopic (exact) mass is 536 g/mol. The summed E-state index contributed by atoms with van der Waals surface area (Å²) in [5.74, 6) is 0.688.